The maximum Gasteiger partial charge on any atom is 0.416 e. The highest BCUT2D eigenvalue weighted by molar-refractivity contribution is 9.10. The fourth-order valence-corrected chi connectivity index (χ4v) is 9.53. The van der Waals surface area contributed by atoms with Crippen LogP contribution in [0.2, 0.25) is 5.02 Å². The highest BCUT2D eigenvalue weighted by Gasteiger charge is 2.35. The number of amides is 5. The van der Waals surface area contributed by atoms with Crippen molar-refractivity contribution in [2.45, 2.75) is 132 Å². The van der Waals surface area contributed by atoms with Gasteiger partial charge in [0.25, 0.3) is 0 Å². The average Bonchev–Trinajstić information content (AvgIpc) is 3.61. The summed E-state index contributed by atoms with van der Waals surface area (Å²) in [7, 11) is 1.49. The van der Waals surface area contributed by atoms with Crippen molar-refractivity contribution in [1.29, 1.82) is 0 Å². The first kappa shape index (κ1) is 52.7. The summed E-state index contributed by atoms with van der Waals surface area (Å²) in [6.07, 6.45) is 0.599. The number of carbonyl (C=O) groups excluding carboxylic acids is 5. The highest BCUT2D eigenvalue weighted by Crippen LogP contribution is 2.40. The largest absolute Gasteiger partial charge is 0.464 e. The van der Waals surface area contributed by atoms with Crippen LogP contribution >= 0.6 is 39.3 Å². The van der Waals surface area contributed by atoms with E-state index in [-0.39, 0.29) is 45.4 Å². The minimum atomic E-state index is -1.21. The van der Waals surface area contributed by atoms with E-state index in [4.69, 9.17) is 21.1 Å². The minimum absolute atomic E-state index is 0.0282. The molecule has 0 spiro atoms. The lowest BCUT2D eigenvalue weighted by molar-refractivity contribution is -0.142. The fraction of sp³-hybridized carbons (Fsp3) is 0.458. The Labute approximate surface area is 409 Å². The molecule has 0 aliphatic carbocycles. The molecule has 6 N–H and O–H groups in total. The number of carboxylic acid groups (broad SMARTS) is 1. The summed E-state index contributed by atoms with van der Waals surface area (Å²) in [6.45, 7) is 11.3. The number of ether oxygens (including phenoxy) is 2. The molecule has 4 aromatic rings. The summed E-state index contributed by atoms with van der Waals surface area (Å²) in [6, 6.07) is 15.1. The average molecular weight is 1030 g/mol. The van der Waals surface area contributed by atoms with Crippen LogP contribution in [0.3, 0.4) is 0 Å². The highest BCUT2D eigenvalue weighted by atomic mass is 79.9. The standard InChI is InChI=1S/C48H61BrClN7O9S/c1-47(2,3)65-44(61)51-21-13-12-17-36-43(60)56(7)38(24-31-28-57(46(63)64)37-19-10-9-16-33(31)37)42(59)54-27-30-23-32(49)25-34(50)40(30)67-39-20-11-8-15-29(39)26-53-35(41(58)55-36)18-14-22-52-45(62)66-48(4,5)6/h8-11,15-16,19-20,23,25,28,35-36,38,53H,12-14,17-18,21-22,24,26-27H2,1-7H3,(H,51,61)(H,52,62)(H,54,59)(H,55,58)(H,63,64)/t35-,36-,38-/m0/s1. The summed E-state index contributed by atoms with van der Waals surface area (Å²) in [4.78, 5) is 84.2. The lowest BCUT2D eigenvalue weighted by Gasteiger charge is -2.32. The molecule has 67 heavy (non-hydrogen) atoms. The van der Waals surface area contributed by atoms with Crippen molar-refractivity contribution in [3.8, 4) is 0 Å². The number of aromatic nitrogens is 1. The van der Waals surface area contributed by atoms with Crippen molar-refractivity contribution < 1.29 is 43.3 Å². The van der Waals surface area contributed by atoms with Gasteiger partial charge in [-0.2, -0.15) is 0 Å². The number of nitrogens with zero attached hydrogens (tertiary/aromatic N) is 2. The molecule has 0 saturated carbocycles. The number of rotatable bonds is 11. The Morgan fingerprint density at radius 3 is 2.13 bits per heavy atom. The van der Waals surface area contributed by atoms with Gasteiger partial charge in [-0.3, -0.25) is 19.0 Å². The van der Waals surface area contributed by atoms with Gasteiger partial charge in [-0.05, 0) is 115 Å². The Bertz CT molecular complexity index is 2440. The monoisotopic (exact) mass is 1030 g/mol. The van der Waals surface area contributed by atoms with Crippen LogP contribution in [0.15, 0.2) is 81.1 Å². The van der Waals surface area contributed by atoms with Crippen LogP contribution in [0.1, 0.15) is 90.3 Å². The zero-order chi connectivity index (χ0) is 49.1. The van der Waals surface area contributed by atoms with Crippen molar-refractivity contribution in [3.63, 3.8) is 0 Å². The van der Waals surface area contributed by atoms with Crippen LogP contribution in [0.25, 0.3) is 10.9 Å². The van der Waals surface area contributed by atoms with E-state index in [1.165, 1.54) is 29.9 Å². The molecule has 0 fully saturated rings. The van der Waals surface area contributed by atoms with E-state index in [0.717, 1.165) is 15.0 Å². The van der Waals surface area contributed by atoms with Gasteiger partial charge in [0.05, 0.1) is 16.6 Å². The molecule has 3 atom stereocenters. The molecule has 0 unspecified atom stereocenters. The van der Waals surface area contributed by atoms with Crippen molar-refractivity contribution in [3.05, 3.63) is 93.0 Å². The second kappa shape index (κ2) is 23.6. The van der Waals surface area contributed by atoms with Crippen LogP contribution in [-0.4, -0.2) is 100 Å². The summed E-state index contributed by atoms with van der Waals surface area (Å²) in [5.41, 5.74) is 1.10. The van der Waals surface area contributed by atoms with E-state index in [2.05, 4.69) is 42.5 Å². The van der Waals surface area contributed by atoms with Gasteiger partial charge >= 0.3 is 18.3 Å². The van der Waals surface area contributed by atoms with E-state index in [0.29, 0.717) is 55.7 Å². The van der Waals surface area contributed by atoms with Gasteiger partial charge < -0.3 is 46.1 Å². The van der Waals surface area contributed by atoms with Crippen LogP contribution in [0.4, 0.5) is 14.4 Å². The SMILES string of the molecule is CN1C(=O)[C@H](CCCCNC(=O)OC(C)(C)C)NC(=O)[C@H](CCCNC(=O)OC(C)(C)C)NCc2ccccc2Sc2c(Cl)cc(Br)cc2CNC(=O)[C@@H]1Cc1cn(C(=O)O)c2ccccc12. The number of unbranched alkanes of at least 4 members (excludes halogenated alkanes) is 1. The number of carbonyl (C=O) groups is 6. The van der Waals surface area contributed by atoms with E-state index >= 15 is 0 Å². The number of para-hydroxylation sites is 1. The van der Waals surface area contributed by atoms with Crippen LogP contribution < -0.4 is 26.6 Å². The summed E-state index contributed by atoms with van der Waals surface area (Å²) < 4.78 is 12.5. The second-order valence-electron chi connectivity index (χ2n) is 18.3. The maximum absolute atomic E-state index is 14.9. The number of alkyl carbamates (subject to hydrolysis) is 2. The number of hydrogen-bond acceptors (Lipinski definition) is 10. The zero-order valence-corrected chi connectivity index (χ0v) is 42.1. The molecule has 3 aromatic carbocycles. The minimum Gasteiger partial charge on any atom is -0.464 e. The Balaban J connectivity index is 1.54. The molecule has 1 aliphatic rings. The Morgan fingerprint density at radius 1 is 0.836 bits per heavy atom. The third kappa shape index (κ3) is 15.6. The predicted molar refractivity (Wildman–Crippen MR) is 261 cm³/mol. The molecule has 362 valence electrons. The molecule has 1 aromatic heterocycles. The Hall–Kier alpha value is -5.30. The number of nitrogens with one attached hydrogen (secondary N) is 5. The number of hydrogen-bond donors (Lipinski definition) is 6. The third-order valence-electron chi connectivity index (χ3n) is 10.7. The topological polar surface area (TPSA) is 209 Å². The Kier molecular flexibility index (Phi) is 18.6. The summed E-state index contributed by atoms with van der Waals surface area (Å²) in [5.74, 6) is -1.56. The van der Waals surface area contributed by atoms with Crippen LogP contribution in [-0.2, 0) is 43.4 Å². The van der Waals surface area contributed by atoms with Gasteiger partial charge in [0, 0.05) is 65.5 Å². The zero-order valence-electron chi connectivity index (χ0n) is 38.9. The molecule has 0 radical (unpaired) electrons. The Morgan fingerprint density at radius 2 is 1.46 bits per heavy atom. The quantitative estimate of drug-likeness (QED) is 0.0787. The summed E-state index contributed by atoms with van der Waals surface area (Å²) >= 11 is 11.9. The number of halogens is 2. The van der Waals surface area contributed by atoms with Gasteiger partial charge in [-0.15, -0.1) is 0 Å². The van der Waals surface area contributed by atoms with E-state index in [1.807, 2.05) is 30.3 Å². The molecule has 5 rings (SSSR count). The number of fused-ring (bicyclic) bond motifs is 3. The van der Waals surface area contributed by atoms with Crippen molar-refractivity contribution in [2.24, 2.45) is 0 Å². The van der Waals surface area contributed by atoms with E-state index in [9.17, 15) is 33.9 Å². The first-order valence-corrected chi connectivity index (χ1v) is 24.2. The van der Waals surface area contributed by atoms with E-state index < -0.39 is 65.3 Å². The molecule has 19 heteroatoms. The third-order valence-corrected chi connectivity index (χ3v) is 12.8. The van der Waals surface area contributed by atoms with Gasteiger partial charge in [0.2, 0.25) is 17.7 Å². The van der Waals surface area contributed by atoms with Crippen LogP contribution in [0, 0.1) is 0 Å². The molecule has 5 amide bonds. The first-order chi connectivity index (χ1) is 31.6. The van der Waals surface area contributed by atoms with Gasteiger partial charge in [-0.25, -0.2) is 14.4 Å². The molecular weight excluding hydrogens is 966 g/mol. The van der Waals surface area contributed by atoms with Crippen molar-refractivity contribution in [2.75, 3.05) is 20.1 Å². The fourth-order valence-electron chi connectivity index (χ4n) is 7.48. The molecular formula is C48H61BrClN7O9S. The van der Waals surface area contributed by atoms with E-state index in [1.54, 1.807) is 71.9 Å². The van der Waals surface area contributed by atoms with Crippen LogP contribution in [0.5, 0.6) is 0 Å². The first-order valence-electron chi connectivity index (χ1n) is 22.2. The molecule has 16 nitrogen and oxygen atoms in total. The predicted octanol–water partition coefficient (Wildman–Crippen LogP) is 8.38. The van der Waals surface area contributed by atoms with Crippen molar-refractivity contribution in [1.82, 2.24) is 36.1 Å². The van der Waals surface area contributed by atoms with Gasteiger partial charge in [0.1, 0.15) is 23.3 Å². The smallest absolute Gasteiger partial charge is 0.416 e. The van der Waals surface area contributed by atoms with Gasteiger partial charge in [0.15, 0.2) is 0 Å². The number of benzene rings is 3. The van der Waals surface area contributed by atoms with Crippen molar-refractivity contribution >= 4 is 86.2 Å². The molecule has 0 saturated heterocycles. The summed E-state index contributed by atoms with van der Waals surface area (Å²) in [5, 5.41) is 26.0. The molecule has 0 bridgehead atoms. The second-order valence-corrected chi connectivity index (χ2v) is 20.7. The molecule has 1 aliphatic heterocycles. The number of likely N-dealkylation sites (N-methyl/N-ethyl adjacent to an activating group) is 1. The maximum atomic E-state index is 14.9. The van der Waals surface area contributed by atoms with Gasteiger partial charge in [-0.1, -0.05) is 75.7 Å². The molecule has 2 heterocycles. The lowest BCUT2D eigenvalue weighted by atomic mass is 10.0. The normalized spacial score (nSPS) is 17.7. The lowest BCUT2D eigenvalue weighted by Crippen LogP contribution is -2.57.